The van der Waals surface area contributed by atoms with Crippen LogP contribution in [0.1, 0.15) is 42.2 Å². The first-order valence-corrected chi connectivity index (χ1v) is 7.03. The second kappa shape index (κ2) is 5.75. The maximum atomic E-state index is 12.4. The molecule has 1 aromatic heterocycles. The van der Waals surface area contributed by atoms with Crippen molar-refractivity contribution in [1.82, 2.24) is 0 Å². The van der Waals surface area contributed by atoms with Crippen LogP contribution in [0.5, 0.6) is 0 Å². The van der Waals surface area contributed by atoms with Crippen molar-refractivity contribution >= 4 is 23.5 Å². The summed E-state index contributed by atoms with van der Waals surface area (Å²) in [4.78, 5) is 24.3. The standard InChI is InChI=1S/C15H17ClNO3/c1-4-10-8-11(15(19)20-5-2)14(18)17-7-6-12(16)9(3)13(10)17/h6-8,10H,4-5H2,1-3H3/q+1. The van der Waals surface area contributed by atoms with E-state index >= 15 is 0 Å². The van der Waals surface area contributed by atoms with Crippen molar-refractivity contribution in [3.05, 3.63) is 40.2 Å². The molecule has 0 spiro atoms. The van der Waals surface area contributed by atoms with E-state index in [1.807, 2.05) is 13.8 Å². The minimum Gasteiger partial charge on any atom is -0.462 e. The van der Waals surface area contributed by atoms with Gasteiger partial charge in [0.05, 0.1) is 17.5 Å². The molecule has 4 nitrogen and oxygen atoms in total. The second-order valence-electron chi connectivity index (χ2n) is 4.66. The van der Waals surface area contributed by atoms with Gasteiger partial charge in [-0.3, -0.25) is 0 Å². The van der Waals surface area contributed by atoms with Crippen molar-refractivity contribution < 1.29 is 18.9 Å². The number of rotatable bonds is 3. The number of pyridine rings is 1. The summed E-state index contributed by atoms with van der Waals surface area (Å²) in [5, 5.41) is 0.621. The quantitative estimate of drug-likeness (QED) is 0.489. The Morgan fingerprint density at radius 2 is 2.15 bits per heavy atom. The fourth-order valence-corrected chi connectivity index (χ4v) is 2.59. The molecule has 0 radical (unpaired) electrons. The highest BCUT2D eigenvalue weighted by Crippen LogP contribution is 2.29. The molecule has 1 aliphatic heterocycles. The lowest BCUT2D eigenvalue weighted by Gasteiger charge is -2.18. The number of halogens is 1. The highest BCUT2D eigenvalue weighted by atomic mass is 35.5. The normalized spacial score (nSPS) is 17.5. The number of aromatic nitrogens is 1. The van der Waals surface area contributed by atoms with Gasteiger partial charge in [0.2, 0.25) is 5.69 Å². The molecule has 2 heterocycles. The number of fused-ring (bicyclic) bond motifs is 1. The number of allylic oxidation sites excluding steroid dienone is 1. The first-order valence-electron chi connectivity index (χ1n) is 6.65. The van der Waals surface area contributed by atoms with Crippen LogP contribution < -0.4 is 4.57 Å². The molecular weight excluding hydrogens is 278 g/mol. The molecule has 0 fully saturated rings. The van der Waals surface area contributed by atoms with Crippen LogP contribution >= 0.6 is 11.6 Å². The van der Waals surface area contributed by atoms with E-state index in [1.54, 1.807) is 25.3 Å². The lowest BCUT2D eigenvalue weighted by Crippen LogP contribution is -2.52. The number of carbonyl (C=O) groups is 2. The summed E-state index contributed by atoms with van der Waals surface area (Å²) in [5.74, 6) is -0.949. The summed E-state index contributed by atoms with van der Waals surface area (Å²) < 4.78 is 6.45. The Morgan fingerprint density at radius 3 is 2.75 bits per heavy atom. The summed E-state index contributed by atoms with van der Waals surface area (Å²) in [6.45, 7) is 5.85. The van der Waals surface area contributed by atoms with Crippen LogP contribution in [0.3, 0.4) is 0 Å². The number of ether oxygens (including phenoxy) is 1. The average molecular weight is 295 g/mol. The smallest absolute Gasteiger partial charge is 0.432 e. The van der Waals surface area contributed by atoms with E-state index in [9.17, 15) is 9.59 Å². The van der Waals surface area contributed by atoms with Gasteiger partial charge in [-0.1, -0.05) is 18.5 Å². The molecule has 1 unspecified atom stereocenters. The van der Waals surface area contributed by atoms with E-state index < -0.39 is 5.97 Å². The molecule has 1 atom stereocenters. The molecule has 0 aliphatic carbocycles. The van der Waals surface area contributed by atoms with E-state index in [-0.39, 0.29) is 24.0 Å². The van der Waals surface area contributed by atoms with Gasteiger partial charge in [0.25, 0.3) is 0 Å². The third-order valence-electron chi connectivity index (χ3n) is 3.48. The molecule has 0 N–H and O–H groups in total. The number of hydrogen-bond donors (Lipinski definition) is 0. The maximum absolute atomic E-state index is 12.4. The highest BCUT2D eigenvalue weighted by molar-refractivity contribution is 6.31. The SMILES string of the molecule is CCOC(=O)C1=CC(CC)c2c(C)c(Cl)cc[n+]2C1=O. The van der Waals surface area contributed by atoms with Crippen LogP contribution in [0.25, 0.3) is 0 Å². The fourth-order valence-electron chi connectivity index (χ4n) is 2.44. The van der Waals surface area contributed by atoms with Gasteiger partial charge in [-0.2, -0.15) is 0 Å². The molecule has 0 saturated carbocycles. The fraction of sp³-hybridized carbons (Fsp3) is 0.400. The van der Waals surface area contributed by atoms with Crippen LogP contribution in [0.15, 0.2) is 23.9 Å². The largest absolute Gasteiger partial charge is 0.462 e. The zero-order valence-electron chi connectivity index (χ0n) is 11.8. The van der Waals surface area contributed by atoms with Gasteiger partial charge in [0.15, 0.2) is 11.8 Å². The van der Waals surface area contributed by atoms with E-state index in [0.29, 0.717) is 5.02 Å². The molecule has 1 aromatic rings. The Labute approximate surface area is 123 Å². The molecule has 1 aliphatic rings. The van der Waals surface area contributed by atoms with Crippen LogP contribution in [-0.4, -0.2) is 18.5 Å². The zero-order chi connectivity index (χ0) is 14.9. The number of nitrogens with zero attached hydrogens (tertiary/aromatic N) is 1. The van der Waals surface area contributed by atoms with Crippen LogP contribution in [0.4, 0.5) is 0 Å². The molecule has 2 rings (SSSR count). The van der Waals surface area contributed by atoms with Gasteiger partial charge in [-0.15, -0.1) is 4.57 Å². The topological polar surface area (TPSA) is 47.2 Å². The van der Waals surface area contributed by atoms with Gasteiger partial charge in [-0.05, 0) is 26.3 Å². The van der Waals surface area contributed by atoms with Crippen molar-refractivity contribution in [2.45, 2.75) is 33.1 Å². The number of hydrogen-bond acceptors (Lipinski definition) is 3. The predicted octanol–water partition coefficient (Wildman–Crippen LogP) is 2.57. The highest BCUT2D eigenvalue weighted by Gasteiger charge is 2.39. The zero-order valence-corrected chi connectivity index (χ0v) is 12.5. The van der Waals surface area contributed by atoms with Gasteiger partial charge < -0.3 is 4.74 Å². The summed E-state index contributed by atoms with van der Waals surface area (Å²) >= 11 is 6.13. The molecule has 20 heavy (non-hydrogen) atoms. The monoisotopic (exact) mass is 294 g/mol. The van der Waals surface area contributed by atoms with Crippen molar-refractivity contribution in [1.29, 1.82) is 0 Å². The van der Waals surface area contributed by atoms with Gasteiger partial charge in [0, 0.05) is 11.6 Å². The molecular formula is C15H17ClNO3+. The predicted molar refractivity (Wildman–Crippen MR) is 74.8 cm³/mol. The molecule has 0 amide bonds. The van der Waals surface area contributed by atoms with Crippen molar-refractivity contribution in [2.75, 3.05) is 6.61 Å². The van der Waals surface area contributed by atoms with Gasteiger partial charge >= 0.3 is 11.9 Å². The lowest BCUT2D eigenvalue weighted by molar-refractivity contribution is -0.582. The first-order chi connectivity index (χ1) is 9.51. The molecule has 106 valence electrons. The van der Waals surface area contributed by atoms with Crippen LogP contribution in [-0.2, 0) is 9.53 Å². The minimum absolute atomic E-state index is 0.0224. The van der Waals surface area contributed by atoms with Crippen LogP contribution in [0, 0.1) is 6.92 Å². The number of esters is 1. The van der Waals surface area contributed by atoms with Crippen molar-refractivity contribution in [3.63, 3.8) is 0 Å². The summed E-state index contributed by atoms with van der Waals surface area (Å²) in [6, 6.07) is 1.67. The van der Waals surface area contributed by atoms with Gasteiger partial charge in [0.1, 0.15) is 0 Å². The summed E-state index contributed by atoms with van der Waals surface area (Å²) in [7, 11) is 0. The molecule has 5 heteroatoms. The number of carbonyl (C=O) groups excluding carboxylic acids is 2. The van der Waals surface area contributed by atoms with Crippen molar-refractivity contribution in [2.24, 2.45) is 0 Å². The van der Waals surface area contributed by atoms with Crippen LogP contribution in [0.2, 0.25) is 5.02 Å². The summed E-state index contributed by atoms with van der Waals surface area (Å²) in [5.41, 5.74) is 1.81. The van der Waals surface area contributed by atoms with Gasteiger partial charge in [-0.25, -0.2) is 9.59 Å². The maximum Gasteiger partial charge on any atom is 0.432 e. The third kappa shape index (κ3) is 2.36. The minimum atomic E-state index is -0.568. The van der Waals surface area contributed by atoms with E-state index in [0.717, 1.165) is 17.7 Å². The van der Waals surface area contributed by atoms with E-state index in [2.05, 4.69) is 0 Å². The Kier molecular flexibility index (Phi) is 4.23. The second-order valence-corrected chi connectivity index (χ2v) is 5.07. The van der Waals surface area contributed by atoms with E-state index in [1.165, 1.54) is 4.57 Å². The van der Waals surface area contributed by atoms with E-state index in [4.69, 9.17) is 16.3 Å². The Morgan fingerprint density at radius 1 is 1.45 bits per heavy atom. The lowest BCUT2D eigenvalue weighted by atomic mass is 9.91. The Balaban J connectivity index is 2.56. The summed E-state index contributed by atoms with van der Waals surface area (Å²) in [6.07, 6.45) is 4.08. The average Bonchev–Trinajstić information content (AvgIpc) is 2.43. The third-order valence-corrected chi connectivity index (χ3v) is 3.88. The molecule has 0 aromatic carbocycles. The first kappa shape index (κ1) is 14.7. The van der Waals surface area contributed by atoms with Crippen molar-refractivity contribution in [3.8, 4) is 0 Å². The molecule has 0 bridgehead atoms. The molecule has 0 saturated heterocycles. The Bertz CT molecular complexity index is 607. The Hall–Kier alpha value is -1.68.